The van der Waals surface area contributed by atoms with Crippen molar-refractivity contribution in [3.05, 3.63) is 64.5 Å². The van der Waals surface area contributed by atoms with Gasteiger partial charge in [-0.1, -0.05) is 23.9 Å². The van der Waals surface area contributed by atoms with Crippen molar-refractivity contribution in [2.75, 3.05) is 6.54 Å². The van der Waals surface area contributed by atoms with E-state index in [1.807, 2.05) is 0 Å². The van der Waals surface area contributed by atoms with Crippen molar-refractivity contribution in [1.29, 1.82) is 0 Å². The first kappa shape index (κ1) is 21.4. The standard InChI is InChI=1S/C20H18F2N4O3S/c1-3-23-19(29)25-17(27)11(2)30-20-24-15-7-5-4-6-13(15)18(28)26(20)16-9-8-12(21)10-14(16)22/h4-11H,3H2,1-2H3,(H2,23,25,27,29). The SMILES string of the molecule is CCNC(=O)NC(=O)C(C)Sc1nc2ccccc2c(=O)n1-c1ccc(F)cc1F. The molecule has 3 amide bonds. The Bertz CT molecular complexity index is 1180. The molecule has 1 unspecified atom stereocenters. The van der Waals surface area contributed by atoms with Gasteiger partial charge in [0.2, 0.25) is 5.91 Å². The highest BCUT2D eigenvalue weighted by Crippen LogP contribution is 2.26. The highest BCUT2D eigenvalue weighted by molar-refractivity contribution is 8.00. The third kappa shape index (κ3) is 4.48. The average molecular weight is 432 g/mol. The summed E-state index contributed by atoms with van der Waals surface area (Å²) in [7, 11) is 0. The number of imide groups is 1. The summed E-state index contributed by atoms with van der Waals surface area (Å²) in [5.41, 5.74) is -0.400. The van der Waals surface area contributed by atoms with Gasteiger partial charge in [-0.3, -0.25) is 19.5 Å². The number of hydrogen-bond acceptors (Lipinski definition) is 5. The summed E-state index contributed by atoms with van der Waals surface area (Å²) >= 11 is 0.875. The predicted octanol–water partition coefficient (Wildman–Crippen LogP) is 2.99. The summed E-state index contributed by atoms with van der Waals surface area (Å²) in [5.74, 6) is -2.35. The molecule has 0 saturated heterocycles. The number of urea groups is 1. The zero-order valence-corrected chi connectivity index (χ0v) is 16.9. The quantitative estimate of drug-likeness (QED) is 0.478. The predicted molar refractivity (Wildman–Crippen MR) is 110 cm³/mol. The average Bonchev–Trinajstić information content (AvgIpc) is 2.69. The van der Waals surface area contributed by atoms with Crippen LogP contribution in [0.15, 0.2) is 52.4 Å². The van der Waals surface area contributed by atoms with E-state index in [9.17, 15) is 23.2 Å². The van der Waals surface area contributed by atoms with E-state index in [4.69, 9.17) is 0 Å². The molecule has 0 saturated carbocycles. The van der Waals surface area contributed by atoms with Crippen LogP contribution in [0, 0.1) is 11.6 Å². The lowest BCUT2D eigenvalue weighted by atomic mass is 10.2. The second-order valence-corrected chi connectivity index (χ2v) is 7.56. The number of benzene rings is 2. The molecule has 0 aliphatic carbocycles. The topological polar surface area (TPSA) is 93.1 Å². The third-order valence-corrected chi connectivity index (χ3v) is 5.17. The summed E-state index contributed by atoms with van der Waals surface area (Å²) in [6.45, 7) is 3.57. The third-order valence-electron chi connectivity index (χ3n) is 4.12. The van der Waals surface area contributed by atoms with E-state index >= 15 is 0 Å². The molecule has 0 aliphatic rings. The maximum absolute atomic E-state index is 14.5. The zero-order valence-electron chi connectivity index (χ0n) is 16.1. The summed E-state index contributed by atoms with van der Waals surface area (Å²) in [6, 6.07) is 8.67. The molecule has 1 heterocycles. The van der Waals surface area contributed by atoms with Crippen LogP contribution in [-0.2, 0) is 4.79 Å². The van der Waals surface area contributed by atoms with E-state index in [0.717, 1.165) is 28.5 Å². The van der Waals surface area contributed by atoms with E-state index in [2.05, 4.69) is 15.6 Å². The van der Waals surface area contributed by atoms with E-state index < -0.39 is 34.4 Å². The number of carbonyl (C=O) groups is 2. The van der Waals surface area contributed by atoms with Crippen LogP contribution in [0.4, 0.5) is 13.6 Å². The van der Waals surface area contributed by atoms with E-state index in [1.54, 1.807) is 31.2 Å². The molecule has 10 heteroatoms. The first-order chi connectivity index (χ1) is 14.3. The fourth-order valence-electron chi connectivity index (χ4n) is 2.70. The number of nitrogens with zero attached hydrogens (tertiary/aromatic N) is 2. The van der Waals surface area contributed by atoms with Gasteiger partial charge < -0.3 is 5.32 Å². The van der Waals surface area contributed by atoms with Gasteiger partial charge >= 0.3 is 6.03 Å². The molecular formula is C20H18F2N4O3S. The lowest BCUT2D eigenvalue weighted by Crippen LogP contribution is -2.42. The molecule has 7 nitrogen and oxygen atoms in total. The van der Waals surface area contributed by atoms with Gasteiger partial charge in [-0.05, 0) is 38.1 Å². The maximum Gasteiger partial charge on any atom is 0.321 e. The van der Waals surface area contributed by atoms with Crippen molar-refractivity contribution in [3.63, 3.8) is 0 Å². The van der Waals surface area contributed by atoms with E-state index in [1.165, 1.54) is 6.92 Å². The van der Waals surface area contributed by atoms with Crippen LogP contribution in [0.25, 0.3) is 16.6 Å². The van der Waals surface area contributed by atoms with Crippen LogP contribution < -0.4 is 16.2 Å². The Kier molecular flexibility index (Phi) is 6.46. The Hall–Kier alpha value is -3.27. The number of amides is 3. The molecule has 3 rings (SSSR count). The van der Waals surface area contributed by atoms with Crippen LogP contribution in [0.1, 0.15) is 13.8 Å². The van der Waals surface area contributed by atoms with Crippen molar-refractivity contribution in [2.24, 2.45) is 0 Å². The molecule has 3 aromatic rings. The van der Waals surface area contributed by atoms with Gasteiger partial charge in [0.15, 0.2) is 5.16 Å². The zero-order chi connectivity index (χ0) is 21.8. The maximum atomic E-state index is 14.5. The largest absolute Gasteiger partial charge is 0.338 e. The highest BCUT2D eigenvalue weighted by atomic mass is 32.2. The molecule has 0 bridgehead atoms. The molecule has 0 aliphatic heterocycles. The number of para-hydroxylation sites is 1. The Morgan fingerprint density at radius 1 is 1.20 bits per heavy atom. The lowest BCUT2D eigenvalue weighted by Gasteiger charge is -2.16. The van der Waals surface area contributed by atoms with Crippen LogP contribution in [0.2, 0.25) is 0 Å². The van der Waals surface area contributed by atoms with Gasteiger partial charge in [-0.15, -0.1) is 0 Å². The monoisotopic (exact) mass is 432 g/mol. The number of halogens is 2. The summed E-state index contributed by atoms with van der Waals surface area (Å²) < 4.78 is 28.9. The van der Waals surface area contributed by atoms with Crippen molar-refractivity contribution < 1.29 is 18.4 Å². The summed E-state index contributed by atoms with van der Waals surface area (Å²) in [5, 5.41) is 4.06. The number of rotatable bonds is 5. The number of thioether (sulfide) groups is 1. The van der Waals surface area contributed by atoms with Crippen LogP contribution in [-0.4, -0.2) is 33.3 Å². The Balaban J connectivity index is 2.08. The van der Waals surface area contributed by atoms with Crippen LogP contribution in [0.5, 0.6) is 0 Å². The second-order valence-electron chi connectivity index (χ2n) is 6.26. The number of carbonyl (C=O) groups excluding carboxylic acids is 2. The fourth-order valence-corrected chi connectivity index (χ4v) is 3.62. The van der Waals surface area contributed by atoms with Crippen molar-refractivity contribution >= 4 is 34.6 Å². The molecule has 2 aromatic carbocycles. The molecule has 1 aromatic heterocycles. The molecule has 156 valence electrons. The highest BCUT2D eigenvalue weighted by Gasteiger charge is 2.22. The first-order valence-corrected chi connectivity index (χ1v) is 9.92. The van der Waals surface area contributed by atoms with Crippen molar-refractivity contribution in [1.82, 2.24) is 20.2 Å². The smallest absolute Gasteiger partial charge is 0.321 e. The Morgan fingerprint density at radius 2 is 1.93 bits per heavy atom. The van der Waals surface area contributed by atoms with Gasteiger partial charge in [0.1, 0.15) is 11.6 Å². The van der Waals surface area contributed by atoms with Crippen LogP contribution in [0.3, 0.4) is 0 Å². The molecule has 0 spiro atoms. The van der Waals surface area contributed by atoms with Gasteiger partial charge in [0.05, 0.1) is 21.8 Å². The molecular weight excluding hydrogens is 414 g/mol. The normalized spacial score (nSPS) is 11.9. The van der Waals surface area contributed by atoms with Gasteiger partial charge in [0.25, 0.3) is 5.56 Å². The van der Waals surface area contributed by atoms with E-state index in [0.29, 0.717) is 18.1 Å². The Morgan fingerprint density at radius 3 is 2.63 bits per heavy atom. The molecule has 30 heavy (non-hydrogen) atoms. The van der Waals surface area contributed by atoms with Gasteiger partial charge in [-0.2, -0.15) is 0 Å². The lowest BCUT2D eigenvalue weighted by molar-refractivity contribution is -0.119. The first-order valence-electron chi connectivity index (χ1n) is 9.04. The molecule has 0 radical (unpaired) electrons. The van der Waals surface area contributed by atoms with Crippen LogP contribution >= 0.6 is 11.8 Å². The van der Waals surface area contributed by atoms with Crippen molar-refractivity contribution in [2.45, 2.75) is 24.3 Å². The fraction of sp³-hybridized carbons (Fsp3) is 0.200. The Labute approximate surface area is 174 Å². The minimum absolute atomic E-state index is 0.0303. The summed E-state index contributed by atoms with van der Waals surface area (Å²) in [4.78, 5) is 41.4. The summed E-state index contributed by atoms with van der Waals surface area (Å²) in [6.07, 6.45) is 0. The van der Waals surface area contributed by atoms with E-state index in [-0.39, 0.29) is 16.2 Å². The number of hydrogen-bond donors (Lipinski definition) is 2. The van der Waals surface area contributed by atoms with Crippen molar-refractivity contribution in [3.8, 4) is 5.69 Å². The second kappa shape index (κ2) is 9.04. The molecule has 1 atom stereocenters. The number of nitrogens with one attached hydrogen (secondary N) is 2. The van der Waals surface area contributed by atoms with Gasteiger partial charge in [0, 0.05) is 12.6 Å². The number of fused-ring (bicyclic) bond motifs is 1. The van der Waals surface area contributed by atoms with Gasteiger partial charge in [-0.25, -0.2) is 18.6 Å². The molecule has 0 fully saturated rings. The minimum atomic E-state index is -0.949. The number of aromatic nitrogens is 2. The minimum Gasteiger partial charge on any atom is -0.338 e. The molecule has 2 N–H and O–H groups in total.